The maximum absolute atomic E-state index is 13.6. The first-order chi connectivity index (χ1) is 21.2. The third kappa shape index (κ3) is 5.97. The zero-order chi connectivity index (χ0) is 31.4. The van der Waals surface area contributed by atoms with Crippen LogP contribution in [0.3, 0.4) is 0 Å². The number of amides is 1. The van der Waals surface area contributed by atoms with Crippen LogP contribution in [0.5, 0.6) is 11.5 Å². The molecule has 1 aliphatic rings. The maximum Gasteiger partial charge on any atom is 0.350 e. The lowest BCUT2D eigenvalue weighted by atomic mass is 9.95. The molecule has 1 unspecified atom stereocenters. The van der Waals surface area contributed by atoms with Crippen LogP contribution in [0.1, 0.15) is 43.7 Å². The number of aliphatic hydroxyl groups is 1. The monoisotopic (exact) mass is 610 g/mol. The number of hydrogen-bond donors (Lipinski definition) is 1. The van der Waals surface area contributed by atoms with Gasteiger partial charge in [0.1, 0.15) is 35.3 Å². The molecule has 44 heavy (non-hydrogen) atoms. The average Bonchev–Trinajstić information content (AvgIpc) is 3.55. The van der Waals surface area contributed by atoms with Gasteiger partial charge in [0, 0.05) is 5.56 Å². The highest BCUT2D eigenvalue weighted by atomic mass is 32.1. The van der Waals surface area contributed by atoms with E-state index < -0.39 is 23.7 Å². The number of nitrogens with zero attached hydrogens (tertiary/aromatic N) is 2. The number of aliphatic hydroxyl groups excluding tert-OH is 1. The van der Waals surface area contributed by atoms with E-state index in [0.29, 0.717) is 41.5 Å². The van der Waals surface area contributed by atoms with Crippen molar-refractivity contribution in [1.82, 2.24) is 4.98 Å². The predicted molar refractivity (Wildman–Crippen MR) is 167 cm³/mol. The highest BCUT2D eigenvalue weighted by Gasteiger charge is 2.48. The van der Waals surface area contributed by atoms with Crippen LogP contribution in [0.25, 0.3) is 5.76 Å². The molecule has 1 atom stereocenters. The van der Waals surface area contributed by atoms with Gasteiger partial charge >= 0.3 is 11.9 Å². The summed E-state index contributed by atoms with van der Waals surface area (Å²) in [6, 6.07) is 20.3. The van der Waals surface area contributed by atoms with E-state index >= 15 is 0 Å². The highest BCUT2D eigenvalue weighted by molar-refractivity contribution is 7.17. The molecule has 0 aliphatic carbocycles. The summed E-state index contributed by atoms with van der Waals surface area (Å²) in [6.45, 7) is 7.95. The molecule has 1 fully saturated rings. The summed E-state index contributed by atoms with van der Waals surface area (Å²) in [5.74, 6) is -1.59. The van der Waals surface area contributed by atoms with E-state index in [1.807, 2.05) is 31.2 Å². The van der Waals surface area contributed by atoms with Gasteiger partial charge in [-0.05, 0) is 66.9 Å². The molecule has 1 aliphatic heterocycles. The zero-order valence-corrected chi connectivity index (χ0v) is 25.2. The van der Waals surface area contributed by atoms with Crippen molar-refractivity contribution in [3.8, 4) is 11.5 Å². The molecule has 4 aromatic rings. The van der Waals surface area contributed by atoms with Gasteiger partial charge in [-0.25, -0.2) is 9.78 Å². The van der Waals surface area contributed by atoms with Crippen LogP contribution in [0.2, 0.25) is 0 Å². The van der Waals surface area contributed by atoms with E-state index in [9.17, 15) is 19.5 Å². The summed E-state index contributed by atoms with van der Waals surface area (Å²) in [5, 5.41) is 11.6. The van der Waals surface area contributed by atoms with Gasteiger partial charge in [0.15, 0.2) is 5.13 Å². The second kappa shape index (κ2) is 13.0. The van der Waals surface area contributed by atoms with Crippen LogP contribution >= 0.6 is 11.3 Å². The Morgan fingerprint density at radius 3 is 2.32 bits per heavy atom. The number of thiazole rings is 1. The first kappa shape index (κ1) is 30.2. The van der Waals surface area contributed by atoms with Crippen LogP contribution in [0.4, 0.5) is 5.13 Å². The summed E-state index contributed by atoms with van der Waals surface area (Å²) in [7, 11) is 1.25. The van der Waals surface area contributed by atoms with Gasteiger partial charge in [-0.3, -0.25) is 14.5 Å². The number of ketones is 1. The molecule has 224 valence electrons. The Balaban J connectivity index is 1.53. The molecule has 9 nitrogen and oxygen atoms in total. The van der Waals surface area contributed by atoms with E-state index in [2.05, 4.69) is 11.6 Å². The summed E-state index contributed by atoms with van der Waals surface area (Å²) in [4.78, 5) is 45.2. The topological polar surface area (TPSA) is 115 Å². The number of ether oxygens (including phenoxy) is 3. The van der Waals surface area contributed by atoms with Gasteiger partial charge in [0.25, 0.3) is 5.78 Å². The Kier molecular flexibility index (Phi) is 8.91. The van der Waals surface area contributed by atoms with Crippen molar-refractivity contribution in [3.63, 3.8) is 0 Å². The number of carbonyl (C=O) groups is 3. The first-order valence-electron chi connectivity index (χ1n) is 13.7. The molecule has 3 aromatic carbocycles. The fraction of sp³-hybridized carbons (Fsp3) is 0.176. The van der Waals surface area contributed by atoms with E-state index in [-0.39, 0.29) is 21.3 Å². The van der Waals surface area contributed by atoms with Gasteiger partial charge in [0.05, 0.1) is 24.4 Å². The number of methoxy groups -OCH3 is 1. The van der Waals surface area contributed by atoms with E-state index in [0.717, 1.165) is 22.5 Å². The number of aryl methyl sites for hydroxylation is 2. The lowest BCUT2D eigenvalue weighted by Crippen LogP contribution is -2.29. The van der Waals surface area contributed by atoms with E-state index in [1.165, 1.54) is 12.0 Å². The number of benzene rings is 3. The van der Waals surface area contributed by atoms with Crippen molar-refractivity contribution in [3.05, 3.63) is 124 Å². The summed E-state index contributed by atoms with van der Waals surface area (Å²) in [5.41, 5.74) is 3.26. The quantitative estimate of drug-likeness (QED) is 0.0730. The first-order valence-corrected chi connectivity index (χ1v) is 14.5. The second-order valence-corrected chi connectivity index (χ2v) is 11.0. The molecular weight excluding hydrogens is 580 g/mol. The lowest BCUT2D eigenvalue weighted by Gasteiger charge is -2.23. The lowest BCUT2D eigenvalue weighted by molar-refractivity contribution is -0.132. The SMILES string of the molecule is C=CCOc1ccc(C2/C(=C(\O)c3ccc(OCc4ccccc4C)cc3)C(=O)C(=O)N2c2nc(C)c(C(=O)OC)s2)cc1. The molecule has 5 rings (SSSR count). The smallest absolute Gasteiger partial charge is 0.350 e. The molecule has 0 spiro atoms. The van der Waals surface area contributed by atoms with Gasteiger partial charge in [-0.2, -0.15) is 0 Å². The van der Waals surface area contributed by atoms with Gasteiger partial charge in [0.2, 0.25) is 0 Å². The minimum absolute atomic E-state index is 0.115. The average molecular weight is 611 g/mol. The number of anilines is 1. The van der Waals surface area contributed by atoms with Crippen molar-refractivity contribution >= 4 is 39.9 Å². The third-order valence-electron chi connectivity index (χ3n) is 7.15. The van der Waals surface area contributed by atoms with Gasteiger partial charge < -0.3 is 19.3 Å². The Labute approximate surface area is 258 Å². The Bertz CT molecular complexity index is 1760. The van der Waals surface area contributed by atoms with Crippen LogP contribution < -0.4 is 14.4 Å². The van der Waals surface area contributed by atoms with E-state index in [4.69, 9.17) is 14.2 Å². The van der Waals surface area contributed by atoms with Crippen molar-refractivity contribution in [1.29, 1.82) is 0 Å². The standard InChI is InChI=1S/C34H30N2O7S/c1-5-18-42-25-14-10-22(11-15-25)28-27(30(38)32(39)36(28)34-35-21(3)31(44-34)33(40)41-4)29(37)23-12-16-26(17-13-23)43-19-24-9-7-6-8-20(24)2/h5-17,28,37H,1,18-19H2,2-4H3/b29-27+. The minimum atomic E-state index is -1.03. The zero-order valence-electron chi connectivity index (χ0n) is 24.4. The molecular formula is C34H30N2O7S. The maximum atomic E-state index is 13.6. The van der Waals surface area contributed by atoms with Crippen molar-refractivity contribution in [2.75, 3.05) is 18.6 Å². The second-order valence-electron chi connectivity index (χ2n) is 9.98. The van der Waals surface area contributed by atoms with Crippen molar-refractivity contribution < 1.29 is 33.7 Å². The van der Waals surface area contributed by atoms with Gasteiger partial charge in [-0.1, -0.05) is 60.4 Å². The number of carbonyl (C=O) groups excluding carboxylic acids is 3. The molecule has 1 N–H and O–H groups in total. The summed E-state index contributed by atoms with van der Waals surface area (Å²) < 4.78 is 16.4. The summed E-state index contributed by atoms with van der Waals surface area (Å²) in [6.07, 6.45) is 1.62. The number of aromatic nitrogens is 1. The van der Waals surface area contributed by atoms with Crippen LogP contribution in [-0.4, -0.2) is 41.5 Å². The number of esters is 1. The highest BCUT2D eigenvalue weighted by Crippen LogP contribution is 2.44. The number of Topliss-reactive ketones (excluding diaryl/α,β-unsaturated/α-hetero) is 1. The Hall–Kier alpha value is -5.22. The number of hydrogen-bond acceptors (Lipinski definition) is 9. The molecule has 0 radical (unpaired) electrons. The minimum Gasteiger partial charge on any atom is -0.507 e. The normalized spacial score (nSPS) is 15.7. The third-order valence-corrected chi connectivity index (χ3v) is 8.29. The summed E-state index contributed by atoms with van der Waals surface area (Å²) >= 11 is 0.935. The predicted octanol–water partition coefficient (Wildman–Crippen LogP) is 6.32. The molecule has 1 saturated heterocycles. The van der Waals surface area contributed by atoms with E-state index in [1.54, 1.807) is 61.5 Å². The van der Waals surface area contributed by atoms with Crippen LogP contribution in [-0.2, 0) is 20.9 Å². The fourth-order valence-corrected chi connectivity index (χ4v) is 5.82. The van der Waals surface area contributed by atoms with Crippen molar-refractivity contribution in [2.45, 2.75) is 26.5 Å². The Morgan fingerprint density at radius 2 is 1.66 bits per heavy atom. The van der Waals surface area contributed by atoms with Crippen LogP contribution in [0.15, 0.2) is 91.0 Å². The van der Waals surface area contributed by atoms with Crippen LogP contribution in [0, 0.1) is 13.8 Å². The fourth-order valence-electron chi connectivity index (χ4n) is 4.81. The molecule has 0 saturated carbocycles. The molecule has 0 bridgehead atoms. The van der Waals surface area contributed by atoms with Crippen molar-refractivity contribution in [2.24, 2.45) is 0 Å². The largest absolute Gasteiger partial charge is 0.507 e. The number of rotatable bonds is 10. The van der Waals surface area contributed by atoms with Gasteiger partial charge in [-0.15, -0.1) is 0 Å². The molecule has 1 aromatic heterocycles. The molecule has 2 heterocycles. The Morgan fingerprint density at radius 1 is 1.00 bits per heavy atom. The molecule has 10 heteroatoms. The molecule has 1 amide bonds.